The normalized spacial score (nSPS) is 12.2. The molecule has 0 aliphatic heterocycles. The Balaban J connectivity index is 2.54. The second kappa shape index (κ2) is 7.26. The van der Waals surface area contributed by atoms with E-state index in [1.54, 1.807) is 11.8 Å². The molecule has 0 aromatic heterocycles. The molecule has 0 radical (unpaired) electrons. The van der Waals surface area contributed by atoms with Gasteiger partial charge in [0, 0.05) is 12.1 Å². The minimum absolute atomic E-state index is 0.00440. The lowest BCUT2D eigenvalue weighted by atomic mass is 10.1. The highest BCUT2D eigenvalue weighted by Crippen LogP contribution is 2.15. The third-order valence-electron chi connectivity index (χ3n) is 2.47. The molecule has 18 heavy (non-hydrogen) atoms. The van der Waals surface area contributed by atoms with Crippen LogP contribution in [0.3, 0.4) is 0 Å². The molecule has 1 aromatic rings. The largest absolute Gasteiger partial charge is 0.508 e. The van der Waals surface area contributed by atoms with Crippen LogP contribution >= 0.6 is 11.8 Å². The van der Waals surface area contributed by atoms with E-state index in [1.807, 2.05) is 6.92 Å². The Morgan fingerprint density at radius 3 is 2.89 bits per heavy atom. The second-order valence-corrected chi connectivity index (χ2v) is 5.42. The van der Waals surface area contributed by atoms with Crippen molar-refractivity contribution < 1.29 is 14.3 Å². The highest BCUT2D eigenvalue weighted by atomic mass is 32.2. The molecule has 1 rings (SSSR count). The maximum atomic E-state index is 13.4. The van der Waals surface area contributed by atoms with E-state index in [0.717, 1.165) is 24.0 Å². The highest BCUT2D eigenvalue weighted by Gasteiger charge is 2.14. The predicted molar refractivity (Wildman–Crippen MR) is 72.6 cm³/mol. The van der Waals surface area contributed by atoms with Crippen LogP contribution in [0.4, 0.5) is 4.39 Å². The summed E-state index contributed by atoms with van der Waals surface area (Å²) in [7, 11) is 0. The number of nitrogens with one attached hydrogen (secondary N) is 1. The van der Waals surface area contributed by atoms with E-state index >= 15 is 0 Å². The molecule has 0 fully saturated rings. The van der Waals surface area contributed by atoms with Crippen molar-refractivity contribution in [1.29, 1.82) is 0 Å². The molecular weight excluding hydrogens is 253 g/mol. The molecule has 0 saturated carbocycles. The third kappa shape index (κ3) is 4.56. The van der Waals surface area contributed by atoms with Gasteiger partial charge >= 0.3 is 0 Å². The first kappa shape index (κ1) is 14.8. The zero-order valence-corrected chi connectivity index (χ0v) is 11.4. The maximum absolute atomic E-state index is 13.4. The maximum Gasteiger partial charge on any atom is 0.254 e. The first-order valence-electron chi connectivity index (χ1n) is 5.91. The van der Waals surface area contributed by atoms with E-state index in [-0.39, 0.29) is 17.4 Å². The summed E-state index contributed by atoms with van der Waals surface area (Å²) in [4.78, 5) is 11.8. The van der Waals surface area contributed by atoms with Gasteiger partial charge in [0.2, 0.25) is 0 Å². The number of aromatic hydroxyl groups is 1. The molecule has 0 bridgehead atoms. The van der Waals surface area contributed by atoms with Crippen molar-refractivity contribution in [3.63, 3.8) is 0 Å². The number of benzene rings is 1. The smallest absolute Gasteiger partial charge is 0.254 e. The Morgan fingerprint density at radius 2 is 2.28 bits per heavy atom. The molecule has 0 saturated heterocycles. The van der Waals surface area contributed by atoms with Gasteiger partial charge in [-0.05, 0) is 37.0 Å². The number of thioether (sulfide) groups is 1. The quantitative estimate of drug-likeness (QED) is 0.782. The molecule has 0 aliphatic carbocycles. The van der Waals surface area contributed by atoms with Crippen LogP contribution in [0, 0.1) is 5.82 Å². The van der Waals surface area contributed by atoms with Crippen molar-refractivity contribution in [2.45, 2.75) is 26.3 Å². The number of hydrogen-bond donors (Lipinski definition) is 2. The topological polar surface area (TPSA) is 49.3 Å². The van der Waals surface area contributed by atoms with Crippen molar-refractivity contribution in [1.82, 2.24) is 5.32 Å². The summed E-state index contributed by atoms with van der Waals surface area (Å²) in [6.07, 6.45) is 0.851. The van der Waals surface area contributed by atoms with Crippen LogP contribution in [0.1, 0.15) is 30.6 Å². The van der Waals surface area contributed by atoms with Crippen LogP contribution in [0.25, 0.3) is 0 Å². The van der Waals surface area contributed by atoms with Crippen molar-refractivity contribution in [2.24, 2.45) is 0 Å². The Morgan fingerprint density at radius 1 is 1.56 bits per heavy atom. The lowest BCUT2D eigenvalue weighted by Gasteiger charge is -2.13. The van der Waals surface area contributed by atoms with Crippen molar-refractivity contribution in [2.75, 3.05) is 11.5 Å². The third-order valence-corrected chi connectivity index (χ3v) is 3.41. The zero-order chi connectivity index (χ0) is 13.5. The van der Waals surface area contributed by atoms with Crippen molar-refractivity contribution in [3.05, 3.63) is 29.6 Å². The van der Waals surface area contributed by atoms with Gasteiger partial charge in [-0.25, -0.2) is 4.39 Å². The molecule has 0 heterocycles. The van der Waals surface area contributed by atoms with Crippen LogP contribution in [-0.4, -0.2) is 28.6 Å². The van der Waals surface area contributed by atoms with Crippen LogP contribution in [-0.2, 0) is 0 Å². The minimum Gasteiger partial charge on any atom is -0.508 e. The average Bonchev–Trinajstić information content (AvgIpc) is 2.28. The molecular formula is C13H18FNO2S. The van der Waals surface area contributed by atoms with Crippen molar-refractivity contribution >= 4 is 17.7 Å². The van der Waals surface area contributed by atoms with Gasteiger partial charge < -0.3 is 10.4 Å². The van der Waals surface area contributed by atoms with E-state index in [1.165, 1.54) is 12.1 Å². The molecule has 1 aromatic carbocycles. The van der Waals surface area contributed by atoms with Gasteiger partial charge in [-0.3, -0.25) is 4.79 Å². The summed E-state index contributed by atoms with van der Waals surface area (Å²) in [5, 5.41) is 11.8. The molecule has 0 spiro atoms. The van der Waals surface area contributed by atoms with Gasteiger partial charge in [0.1, 0.15) is 11.6 Å². The van der Waals surface area contributed by atoms with Crippen LogP contribution in [0.2, 0.25) is 0 Å². The molecule has 1 atom stereocenters. The lowest BCUT2D eigenvalue weighted by molar-refractivity contribution is 0.0935. The van der Waals surface area contributed by atoms with E-state index in [9.17, 15) is 9.18 Å². The molecule has 2 N–H and O–H groups in total. The molecule has 0 aliphatic rings. The molecule has 3 nitrogen and oxygen atoms in total. The van der Waals surface area contributed by atoms with Crippen LogP contribution in [0.5, 0.6) is 5.75 Å². The van der Waals surface area contributed by atoms with Gasteiger partial charge in [-0.15, -0.1) is 0 Å². The van der Waals surface area contributed by atoms with Gasteiger partial charge in [-0.1, -0.05) is 6.92 Å². The summed E-state index contributed by atoms with van der Waals surface area (Å²) in [5.41, 5.74) is -0.0391. The summed E-state index contributed by atoms with van der Waals surface area (Å²) in [5.74, 6) is 0.684. The number of rotatable bonds is 6. The fourth-order valence-electron chi connectivity index (χ4n) is 1.47. The number of carbonyl (C=O) groups excluding carboxylic acids is 1. The molecule has 5 heteroatoms. The Labute approximate surface area is 111 Å². The Kier molecular flexibility index (Phi) is 5.98. The number of halogens is 1. The fraction of sp³-hybridized carbons (Fsp3) is 0.462. The average molecular weight is 271 g/mol. The summed E-state index contributed by atoms with van der Waals surface area (Å²) >= 11 is 1.81. The Hall–Kier alpha value is -1.23. The van der Waals surface area contributed by atoms with Gasteiger partial charge in [0.25, 0.3) is 5.91 Å². The van der Waals surface area contributed by atoms with Crippen LogP contribution in [0.15, 0.2) is 18.2 Å². The second-order valence-electron chi connectivity index (χ2n) is 4.02. The Bertz CT molecular complexity index is 412. The fourth-order valence-corrected chi connectivity index (χ4v) is 2.28. The number of hydrogen-bond acceptors (Lipinski definition) is 3. The standard InChI is InChI=1S/C13H18FNO2S/c1-3-18-7-6-9(2)15-13(17)11-5-4-10(16)8-12(11)14/h4-5,8-9,16H,3,6-7H2,1-2H3,(H,15,17). The minimum atomic E-state index is -0.706. The number of phenolic OH excluding ortho intramolecular Hbond substituents is 1. The highest BCUT2D eigenvalue weighted by molar-refractivity contribution is 7.99. The molecule has 1 amide bonds. The number of phenols is 1. The molecule has 100 valence electrons. The van der Waals surface area contributed by atoms with Crippen molar-refractivity contribution in [3.8, 4) is 5.75 Å². The lowest BCUT2D eigenvalue weighted by Crippen LogP contribution is -2.33. The monoisotopic (exact) mass is 271 g/mol. The first-order valence-corrected chi connectivity index (χ1v) is 7.07. The number of carbonyl (C=O) groups is 1. The summed E-state index contributed by atoms with van der Waals surface area (Å²) in [6, 6.07) is 3.53. The van der Waals surface area contributed by atoms with Crippen LogP contribution < -0.4 is 5.32 Å². The summed E-state index contributed by atoms with van der Waals surface area (Å²) < 4.78 is 13.4. The van der Waals surface area contributed by atoms with E-state index in [2.05, 4.69) is 12.2 Å². The first-order chi connectivity index (χ1) is 8.54. The summed E-state index contributed by atoms with van der Waals surface area (Å²) in [6.45, 7) is 3.98. The van der Waals surface area contributed by atoms with E-state index < -0.39 is 11.7 Å². The van der Waals surface area contributed by atoms with Gasteiger partial charge in [0.05, 0.1) is 5.56 Å². The van der Waals surface area contributed by atoms with E-state index in [0.29, 0.717) is 0 Å². The van der Waals surface area contributed by atoms with Gasteiger partial charge in [-0.2, -0.15) is 11.8 Å². The van der Waals surface area contributed by atoms with Gasteiger partial charge in [0.15, 0.2) is 0 Å². The predicted octanol–water partition coefficient (Wildman–Crippen LogP) is 2.79. The number of amides is 1. The SMILES string of the molecule is CCSCCC(C)NC(=O)c1ccc(O)cc1F. The van der Waals surface area contributed by atoms with E-state index in [4.69, 9.17) is 5.11 Å². The zero-order valence-electron chi connectivity index (χ0n) is 10.6. The molecule has 1 unspecified atom stereocenters.